The minimum atomic E-state index is -1.10. The van der Waals surface area contributed by atoms with Crippen LogP contribution in [0, 0.1) is 0 Å². The Morgan fingerprint density at radius 3 is 2.45 bits per heavy atom. The molecule has 40 heavy (non-hydrogen) atoms. The van der Waals surface area contributed by atoms with E-state index in [0.717, 1.165) is 18.5 Å². The first-order valence-electron chi connectivity index (χ1n) is 14.0. The van der Waals surface area contributed by atoms with Gasteiger partial charge in [-0.3, -0.25) is 19.2 Å². The van der Waals surface area contributed by atoms with Crippen LogP contribution in [0.1, 0.15) is 35.7 Å². The number of fused-ring (bicyclic) bond motifs is 1. The average molecular weight is 550 g/mol. The average Bonchev–Trinajstić information content (AvgIpc) is 3.18. The molecule has 0 radical (unpaired) electrons. The van der Waals surface area contributed by atoms with E-state index in [0.29, 0.717) is 38.3 Å². The molecule has 0 spiro atoms. The number of nitrogens with one attached hydrogen (secondary N) is 2. The lowest BCUT2D eigenvalue weighted by atomic mass is 10.0. The third kappa shape index (κ3) is 7.59. The summed E-state index contributed by atoms with van der Waals surface area (Å²) in [5, 5.41) is 5.68. The number of carbonyl (C=O) groups excluding carboxylic acids is 4. The lowest BCUT2D eigenvalue weighted by Crippen LogP contribution is -2.54. The number of likely N-dealkylation sites (N-methyl/N-ethyl adjacent to an activating group) is 2. The number of nitrogens with zero attached hydrogens (tertiary/aromatic N) is 3. The minimum Gasteiger partial charge on any atom is -0.491 e. The Labute approximate surface area is 235 Å². The lowest BCUT2D eigenvalue weighted by Gasteiger charge is -2.30. The van der Waals surface area contributed by atoms with E-state index in [4.69, 9.17) is 4.74 Å². The van der Waals surface area contributed by atoms with Crippen molar-refractivity contribution in [2.24, 2.45) is 0 Å². The molecule has 0 aromatic heterocycles. The maximum Gasteiger partial charge on any atom is 0.255 e. The van der Waals surface area contributed by atoms with Crippen molar-refractivity contribution in [3.63, 3.8) is 0 Å². The molecule has 10 nitrogen and oxygen atoms in total. The third-order valence-corrected chi connectivity index (χ3v) is 7.38. The van der Waals surface area contributed by atoms with E-state index in [-0.39, 0.29) is 37.0 Å². The molecule has 4 amide bonds. The van der Waals surface area contributed by atoms with Gasteiger partial charge in [-0.25, -0.2) is 0 Å². The fourth-order valence-corrected chi connectivity index (χ4v) is 5.10. The van der Waals surface area contributed by atoms with Crippen LogP contribution in [0.2, 0.25) is 0 Å². The van der Waals surface area contributed by atoms with Gasteiger partial charge in [0.1, 0.15) is 24.4 Å². The summed E-state index contributed by atoms with van der Waals surface area (Å²) in [6.07, 6.45) is 0.811. The molecule has 1 fully saturated rings. The molecular formula is C30H39N5O5. The van der Waals surface area contributed by atoms with Gasteiger partial charge in [0.15, 0.2) is 0 Å². The molecule has 1 saturated heterocycles. The van der Waals surface area contributed by atoms with Crippen LogP contribution >= 0.6 is 0 Å². The van der Waals surface area contributed by atoms with E-state index in [9.17, 15) is 19.2 Å². The van der Waals surface area contributed by atoms with Gasteiger partial charge in [0.25, 0.3) is 5.91 Å². The van der Waals surface area contributed by atoms with E-state index < -0.39 is 23.9 Å². The van der Waals surface area contributed by atoms with Crippen LogP contribution in [0.25, 0.3) is 0 Å². The van der Waals surface area contributed by atoms with Gasteiger partial charge in [0.05, 0.1) is 18.5 Å². The molecule has 2 aromatic rings. The van der Waals surface area contributed by atoms with Crippen molar-refractivity contribution in [1.82, 2.24) is 25.3 Å². The van der Waals surface area contributed by atoms with E-state index >= 15 is 0 Å². The van der Waals surface area contributed by atoms with E-state index in [2.05, 4.69) is 15.5 Å². The van der Waals surface area contributed by atoms with Gasteiger partial charge in [0.2, 0.25) is 17.7 Å². The smallest absolute Gasteiger partial charge is 0.255 e. The van der Waals surface area contributed by atoms with Gasteiger partial charge < -0.3 is 30.1 Å². The standard InChI is InChI=1S/C30H39N5O5/c1-3-34-18-19-40-26-13-8-7-12-23(26)28(37)32-25(30(39)35-15-9-14-33(2)16-17-35)21-27(36)31-24(29(34)38)20-22-10-5-4-6-11-22/h4-8,10-13,24-25H,3,9,14-21H2,1-2H3,(H,31,36)(H,32,37)/t24-,25-/m0/s1. The number of para-hydroxylation sites is 1. The Morgan fingerprint density at radius 1 is 0.925 bits per heavy atom. The van der Waals surface area contributed by atoms with Crippen LogP contribution in [0.4, 0.5) is 0 Å². The molecule has 10 heteroatoms. The number of amides is 4. The predicted molar refractivity (Wildman–Crippen MR) is 151 cm³/mol. The van der Waals surface area contributed by atoms with Gasteiger partial charge in [-0.1, -0.05) is 42.5 Å². The molecule has 4 rings (SSSR count). The Bertz CT molecular complexity index is 1190. The molecular weight excluding hydrogens is 510 g/mol. The zero-order valence-corrected chi connectivity index (χ0v) is 23.3. The van der Waals surface area contributed by atoms with Gasteiger partial charge in [-0.05, 0) is 44.6 Å². The number of hydrogen-bond donors (Lipinski definition) is 2. The monoisotopic (exact) mass is 549 g/mol. The molecule has 2 aliphatic rings. The first-order chi connectivity index (χ1) is 19.4. The summed E-state index contributed by atoms with van der Waals surface area (Å²) >= 11 is 0. The number of rotatable bonds is 4. The maximum absolute atomic E-state index is 13.7. The second kappa shape index (κ2) is 13.9. The first-order valence-corrected chi connectivity index (χ1v) is 14.0. The highest BCUT2D eigenvalue weighted by molar-refractivity contribution is 6.01. The summed E-state index contributed by atoms with van der Waals surface area (Å²) in [7, 11) is 2.01. The number of carbonyl (C=O) groups is 4. The summed E-state index contributed by atoms with van der Waals surface area (Å²) in [4.78, 5) is 59.7. The van der Waals surface area contributed by atoms with Crippen molar-refractivity contribution in [3.8, 4) is 5.75 Å². The highest BCUT2D eigenvalue weighted by atomic mass is 16.5. The number of ether oxygens (including phenoxy) is 1. The van der Waals surface area contributed by atoms with Gasteiger partial charge in [-0.2, -0.15) is 0 Å². The molecule has 0 aliphatic carbocycles. The summed E-state index contributed by atoms with van der Waals surface area (Å²) < 4.78 is 5.96. The van der Waals surface area contributed by atoms with E-state index in [1.165, 1.54) is 0 Å². The zero-order chi connectivity index (χ0) is 28.5. The molecule has 0 unspecified atom stereocenters. The van der Waals surface area contributed by atoms with Crippen molar-refractivity contribution in [2.45, 2.75) is 38.3 Å². The number of hydrogen-bond acceptors (Lipinski definition) is 6. The van der Waals surface area contributed by atoms with E-state index in [1.54, 1.807) is 34.1 Å². The maximum atomic E-state index is 13.7. The molecule has 2 aliphatic heterocycles. The first kappa shape index (κ1) is 29.1. The van der Waals surface area contributed by atoms with E-state index in [1.807, 2.05) is 44.3 Å². The lowest BCUT2D eigenvalue weighted by molar-refractivity contribution is -0.138. The van der Waals surface area contributed by atoms with Crippen LogP contribution in [-0.2, 0) is 20.8 Å². The van der Waals surface area contributed by atoms with Crippen molar-refractivity contribution >= 4 is 23.6 Å². The topological polar surface area (TPSA) is 111 Å². The molecule has 2 heterocycles. The summed E-state index contributed by atoms with van der Waals surface area (Å²) in [6.45, 7) is 5.36. The van der Waals surface area contributed by atoms with Crippen molar-refractivity contribution in [1.29, 1.82) is 0 Å². The Morgan fingerprint density at radius 2 is 1.68 bits per heavy atom. The van der Waals surface area contributed by atoms with Gasteiger partial charge in [-0.15, -0.1) is 0 Å². The largest absolute Gasteiger partial charge is 0.491 e. The molecule has 2 aromatic carbocycles. The normalized spacial score (nSPS) is 21.8. The fourth-order valence-electron chi connectivity index (χ4n) is 5.10. The van der Waals surface area contributed by atoms with Crippen molar-refractivity contribution < 1.29 is 23.9 Å². The molecule has 0 bridgehead atoms. The fraction of sp³-hybridized carbons (Fsp3) is 0.467. The second-order valence-corrected chi connectivity index (χ2v) is 10.3. The quantitative estimate of drug-likeness (QED) is 0.595. The van der Waals surface area contributed by atoms with Crippen LogP contribution < -0.4 is 15.4 Å². The minimum absolute atomic E-state index is 0.166. The summed E-state index contributed by atoms with van der Waals surface area (Å²) in [5.74, 6) is -1.15. The SMILES string of the molecule is CCN1CCOc2ccccc2C(=O)N[C@H](C(=O)N2CCCN(C)CC2)CC(=O)N[C@@H](Cc2ccccc2)C1=O. The van der Waals surface area contributed by atoms with Gasteiger partial charge >= 0.3 is 0 Å². The number of benzene rings is 2. The van der Waals surface area contributed by atoms with Crippen molar-refractivity contribution in [2.75, 3.05) is 52.9 Å². The highest BCUT2D eigenvalue weighted by Crippen LogP contribution is 2.19. The Hall–Kier alpha value is -3.92. The van der Waals surface area contributed by atoms with Crippen LogP contribution in [0.15, 0.2) is 54.6 Å². The second-order valence-electron chi connectivity index (χ2n) is 10.3. The van der Waals surface area contributed by atoms with Crippen LogP contribution in [-0.4, -0.2) is 103 Å². The van der Waals surface area contributed by atoms with Crippen LogP contribution in [0.5, 0.6) is 5.75 Å². The Kier molecular flexibility index (Phi) is 10.1. The van der Waals surface area contributed by atoms with Crippen LogP contribution in [0.3, 0.4) is 0 Å². The molecule has 0 saturated carbocycles. The Balaban J connectivity index is 1.64. The van der Waals surface area contributed by atoms with Crippen molar-refractivity contribution in [3.05, 3.63) is 65.7 Å². The zero-order valence-electron chi connectivity index (χ0n) is 23.3. The molecule has 214 valence electrons. The predicted octanol–water partition coefficient (Wildman–Crippen LogP) is 1.31. The molecule has 2 atom stereocenters. The molecule has 2 N–H and O–H groups in total. The highest BCUT2D eigenvalue weighted by Gasteiger charge is 2.33. The third-order valence-electron chi connectivity index (χ3n) is 7.38. The summed E-state index contributed by atoms with van der Waals surface area (Å²) in [5.41, 5.74) is 1.17. The summed E-state index contributed by atoms with van der Waals surface area (Å²) in [6, 6.07) is 14.3. The van der Waals surface area contributed by atoms with Gasteiger partial charge in [0, 0.05) is 32.6 Å².